The molecule has 4 heteroatoms. The molecule has 0 bridgehead atoms. The zero-order chi connectivity index (χ0) is 9.84. The van der Waals surface area contributed by atoms with Crippen molar-refractivity contribution in [3.8, 4) is 5.75 Å². The summed E-state index contributed by atoms with van der Waals surface area (Å²) in [6.07, 6.45) is 0. The minimum absolute atomic E-state index is 0.140. The normalized spacial score (nSPS) is 12.2. The number of phenolic OH excluding ortho intramolecular Hbond substituents is 1. The number of hydrogen-bond acceptors (Lipinski definition) is 4. The molecule has 4 nitrogen and oxygen atoms in total. The van der Waals surface area contributed by atoms with Crippen LogP contribution in [-0.4, -0.2) is 18.2 Å². The van der Waals surface area contributed by atoms with Gasteiger partial charge in [0.2, 0.25) is 0 Å². The summed E-state index contributed by atoms with van der Waals surface area (Å²) in [6.45, 7) is 0. The summed E-state index contributed by atoms with van der Waals surface area (Å²) in [5, 5.41) is 8.98. The second-order valence-corrected chi connectivity index (χ2v) is 2.59. The number of rotatable bonds is 2. The van der Waals surface area contributed by atoms with E-state index in [1.165, 1.54) is 19.2 Å². The smallest absolute Gasteiger partial charge is 0.327 e. The highest BCUT2D eigenvalue weighted by atomic mass is 16.5. The Morgan fingerprint density at radius 3 is 2.46 bits per heavy atom. The maximum Gasteiger partial charge on any atom is 0.327 e. The van der Waals surface area contributed by atoms with Gasteiger partial charge in [0.05, 0.1) is 7.11 Å². The molecular weight excluding hydrogens is 170 g/mol. The topological polar surface area (TPSA) is 72.5 Å². The Kier molecular flexibility index (Phi) is 2.87. The molecule has 0 aliphatic heterocycles. The van der Waals surface area contributed by atoms with Crippen LogP contribution in [0.3, 0.4) is 0 Å². The van der Waals surface area contributed by atoms with Crippen LogP contribution in [-0.2, 0) is 9.53 Å². The number of carbonyl (C=O) groups is 1. The summed E-state index contributed by atoms with van der Waals surface area (Å²) in [7, 11) is 1.28. The lowest BCUT2D eigenvalue weighted by Gasteiger charge is -2.08. The summed E-state index contributed by atoms with van der Waals surface area (Å²) in [6, 6.07) is 5.31. The SMILES string of the molecule is COC(=O)C(N)c1ccc(O)cc1. The van der Waals surface area contributed by atoms with Crippen molar-refractivity contribution < 1.29 is 14.6 Å². The summed E-state index contributed by atoms with van der Waals surface area (Å²) in [5.41, 5.74) is 6.16. The Morgan fingerprint density at radius 1 is 1.46 bits per heavy atom. The highest BCUT2D eigenvalue weighted by Crippen LogP contribution is 2.15. The molecule has 0 heterocycles. The van der Waals surface area contributed by atoms with Crippen molar-refractivity contribution in [2.24, 2.45) is 5.73 Å². The third-order valence-corrected chi connectivity index (χ3v) is 1.71. The molecule has 0 radical (unpaired) electrons. The molecule has 3 N–H and O–H groups in total. The van der Waals surface area contributed by atoms with Gasteiger partial charge in [-0.25, -0.2) is 0 Å². The molecule has 1 rings (SSSR count). The first kappa shape index (κ1) is 9.54. The fraction of sp³-hybridized carbons (Fsp3) is 0.222. The van der Waals surface area contributed by atoms with E-state index in [4.69, 9.17) is 10.8 Å². The molecule has 0 amide bonds. The zero-order valence-corrected chi connectivity index (χ0v) is 7.23. The van der Waals surface area contributed by atoms with E-state index in [1.54, 1.807) is 12.1 Å². The van der Waals surface area contributed by atoms with Crippen molar-refractivity contribution in [1.29, 1.82) is 0 Å². The van der Waals surface area contributed by atoms with Crippen molar-refractivity contribution in [3.63, 3.8) is 0 Å². The summed E-state index contributed by atoms with van der Waals surface area (Å²) >= 11 is 0. The predicted molar refractivity (Wildman–Crippen MR) is 47.1 cm³/mol. The maximum absolute atomic E-state index is 11.0. The number of nitrogens with two attached hydrogens (primary N) is 1. The zero-order valence-electron chi connectivity index (χ0n) is 7.23. The largest absolute Gasteiger partial charge is 0.508 e. The van der Waals surface area contributed by atoms with Gasteiger partial charge in [-0.05, 0) is 17.7 Å². The van der Waals surface area contributed by atoms with Crippen LogP contribution >= 0.6 is 0 Å². The van der Waals surface area contributed by atoms with Crippen molar-refractivity contribution >= 4 is 5.97 Å². The van der Waals surface area contributed by atoms with Crippen LogP contribution in [0.1, 0.15) is 11.6 Å². The number of phenols is 1. The molecule has 0 saturated heterocycles. The van der Waals surface area contributed by atoms with E-state index in [0.717, 1.165) is 0 Å². The third-order valence-electron chi connectivity index (χ3n) is 1.71. The van der Waals surface area contributed by atoms with Crippen molar-refractivity contribution in [3.05, 3.63) is 29.8 Å². The molecule has 0 aliphatic rings. The van der Waals surface area contributed by atoms with E-state index >= 15 is 0 Å². The van der Waals surface area contributed by atoms with Crippen molar-refractivity contribution in [2.75, 3.05) is 7.11 Å². The molecule has 0 aliphatic carbocycles. The second kappa shape index (κ2) is 3.91. The van der Waals surface area contributed by atoms with Gasteiger partial charge in [-0.15, -0.1) is 0 Å². The first-order chi connectivity index (χ1) is 6.15. The van der Waals surface area contributed by atoms with E-state index < -0.39 is 12.0 Å². The number of benzene rings is 1. The summed E-state index contributed by atoms with van der Waals surface area (Å²) in [4.78, 5) is 11.0. The van der Waals surface area contributed by atoms with E-state index in [-0.39, 0.29) is 5.75 Å². The lowest BCUT2D eigenvalue weighted by atomic mass is 10.1. The van der Waals surface area contributed by atoms with Gasteiger partial charge in [0.15, 0.2) is 0 Å². The number of hydrogen-bond donors (Lipinski definition) is 2. The van der Waals surface area contributed by atoms with Gasteiger partial charge in [0, 0.05) is 0 Å². The summed E-state index contributed by atoms with van der Waals surface area (Å²) in [5.74, 6) is -0.355. The Balaban J connectivity index is 2.83. The minimum Gasteiger partial charge on any atom is -0.508 e. The van der Waals surface area contributed by atoms with Gasteiger partial charge in [-0.3, -0.25) is 4.79 Å². The maximum atomic E-state index is 11.0. The Hall–Kier alpha value is -1.55. The lowest BCUT2D eigenvalue weighted by Crippen LogP contribution is -2.22. The highest BCUT2D eigenvalue weighted by molar-refractivity contribution is 5.77. The standard InChI is InChI=1S/C9H11NO3/c1-13-9(12)8(10)6-2-4-7(11)5-3-6/h2-5,8,11H,10H2,1H3. The van der Waals surface area contributed by atoms with Crippen LogP contribution in [0.4, 0.5) is 0 Å². The van der Waals surface area contributed by atoms with Crippen molar-refractivity contribution in [2.45, 2.75) is 6.04 Å². The average Bonchev–Trinajstić information content (AvgIpc) is 2.17. The monoisotopic (exact) mass is 181 g/mol. The Labute approximate surface area is 75.9 Å². The molecule has 13 heavy (non-hydrogen) atoms. The first-order valence-electron chi connectivity index (χ1n) is 3.77. The molecule has 0 aromatic heterocycles. The molecule has 0 spiro atoms. The quantitative estimate of drug-likeness (QED) is 0.654. The number of methoxy groups -OCH3 is 1. The number of carbonyl (C=O) groups excluding carboxylic acids is 1. The van der Waals surface area contributed by atoms with E-state index in [2.05, 4.69) is 4.74 Å². The van der Waals surface area contributed by atoms with Crippen molar-refractivity contribution in [1.82, 2.24) is 0 Å². The molecule has 1 atom stereocenters. The minimum atomic E-state index is -0.786. The third kappa shape index (κ3) is 2.19. The molecule has 70 valence electrons. The van der Waals surface area contributed by atoms with Gasteiger partial charge in [0.1, 0.15) is 11.8 Å². The van der Waals surface area contributed by atoms with Crippen LogP contribution in [0, 0.1) is 0 Å². The first-order valence-corrected chi connectivity index (χ1v) is 3.77. The van der Waals surface area contributed by atoms with Gasteiger partial charge >= 0.3 is 5.97 Å². The average molecular weight is 181 g/mol. The van der Waals surface area contributed by atoms with Crippen LogP contribution in [0.2, 0.25) is 0 Å². The molecule has 1 aromatic carbocycles. The van der Waals surface area contributed by atoms with Crippen LogP contribution in [0.5, 0.6) is 5.75 Å². The predicted octanol–water partition coefficient (Wildman–Crippen LogP) is 0.565. The number of aromatic hydroxyl groups is 1. The van der Waals surface area contributed by atoms with E-state index in [1.807, 2.05) is 0 Å². The molecule has 0 saturated carbocycles. The fourth-order valence-electron chi connectivity index (χ4n) is 0.945. The van der Waals surface area contributed by atoms with Gasteiger partial charge in [-0.1, -0.05) is 12.1 Å². The Bertz CT molecular complexity index is 294. The molecule has 0 fully saturated rings. The number of esters is 1. The second-order valence-electron chi connectivity index (χ2n) is 2.59. The molecule has 1 unspecified atom stereocenters. The van der Waals surface area contributed by atoms with Gasteiger partial charge in [0.25, 0.3) is 0 Å². The van der Waals surface area contributed by atoms with Crippen LogP contribution in [0.15, 0.2) is 24.3 Å². The van der Waals surface area contributed by atoms with E-state index in [9.17, 15) is 4.79 Å². The fourth-order valence-corrected chi connectivity index (χ4v) is 0.945. The Morgan fingerprint density at radius 2 is 2.00 bits per heavy atom. The van der Waals surface area contributed by atoms with Crippen LogP contribution < -0.4 is 5.73 Å². The molecule has 1 aromatic rings. The van der Waals surface area contributed by atoms with Gasteiger partial charge in [-0.2, -0.15) is 0 Å². The molecular formula is C9H11NO3. The van der Waals surface area contributed by atoms with Gasteiger partial charge < -0.3 is 15.6 Å². The summed E-state index contributed by atoms with van der Waals surface area (Å²) < 4.78 is 4.47. The lowest BCUT2D eigenvalue weighted by molar-refractivity contribution is -0.142. The van der Waals surface area contributed by atoms with E-state index in [0.29, 0.717) is 5.56 Å². The number of ether oxygens (including phenoxy) is 1. The van der Waals surface area contributed by atoms with Crippen LogP contribution in [0.25, 0.3) is 0 Å². The highest BCUT2D eigenvalue weighted by Gasteiger charge is 2.15.